The number of allylic oxidation sites excluding steroid dienone is 2. The summed E-state index contributed by atoms with van der Waals surface area (Å²) >= 11 is 15.3. The van der Waals surface area contributed by atoms with Crippen LogP contribution in [-0.2, 0) is 9.59 Å². The molecule has 1 aromatic carbocycles. The maximum atomic E-state index is 12.3. The largest absolute Gasteiger partial charge is 0.481 e. The zero-order valence-electron chi connectivity index (χ0n) is 10.8. The molecule has 1 aliphatic rings. The van der Waals surface area contributed by atoms with Crippen LogP contribution in [0.5, 0.6) is 0 Å². The Bertz CT molecular complexity index is 618. The molecule has 4 nitrogen and oxygen atoms in total. The summed E-state index contributed by atoms with van der Waals surface area (Å²) < 4.78 is 0.621. The molecule has 2 unspecified atom stereocenters. The van der Waals surface area contributed by atoms with Crippen LogP contribution in [0.3, 0.4) is 0 Å². The average Bonchev–Trinajstić information content (AvgIpc) is 2.47. The van der Waals surface area contributed by atoms with E-state index in [1.807, 2.05) is 6.08 Å². The van der Waals surface area contributed by atoms with E-state index in [9.17, 15) is 14.7 Å². The molecule has 0 spiro atoms. The van der Waals surface area contributed by atoms with Crippen molar-refractivity contribution in [1.29, 1.82) is 0 Å². The number of benzene rings is 1. The number of carboxylic acids is 1. The number of anilines is 1. The highest BCUT2D eigenvalue weighted by atomic mass is 79.9. The lowest BCUT2D eigenvalue weighted by molar-refractivity contribution is -0.146. The first-order valence-corrected chi connectivity index (χ1v) is 7.79. The monoisotopic (exact) mass is 391 g/mol. The molecule has 112 valence electrons. The maximum Gasteiger partial charge on any atom is 0.307 e. The van der Waals surface area contributed by atoms with Gasteiger partial charge < -0.3 is 10.4 Å². The molecule has 1 aliphatic carbocycles. The van der Waals surface area contributed by atoms with Crippen molar-refractivity contribution in [2.75, 3.05) is 5.32 Å². The van der Waals surface area contributed by atoms with E-state index in [1.54, 1.807) is 18.2 Å². The van der Waals surface area contributed by atoms with Gasteiger partial charge in [-0.1, -0.05) is 35.4 Å². The Balaban J connectivity index is 2.20. The second kappa shape index (κ2) is 6.81. The van der Waals surface area contributed by atoms with Crippen LogP contribution in [0.1, 0.15) is 12.8 Å². The number of nitrogens with one attached hydrogen (secondary N) is 1. The molecular formula is C14H12BrCl2NO3. The molecule has 0 heterocycles. The van der Waals surface area contributed by atoms with Crippen LogP contribution >= 0.6 is 39.1 Å². The summed E-state index contributed by atoms with van der Waals surface area (Å²) in [5.74, 6) is -2.68. The van der Waals surface area contributed by atoms with Gasteiger partial charge >= 0.3 is 5.97 Å². The van der Waals surface area contributed by atoms with Crippen LogP contribution in [0.25, 0.3) is 0 Å². The molecule has 7 heteroatoms. The molecule has 0 aliphatic heterocycles. The maximum absolute atomic E-state index is 12.3. The van der Waals surface area contributed by atoms with Gasteiger partial charge in [-0.3, -0.25) is 9.59 Å². The third-order valence-electron chi connectivity index (χ3n) is 3.38. The third-order valence-corrected chi connectivity index (χ3v) is 5.15. The first kappa shape index (κ1) is 16.3. The summed E-state index contributed by atoms with van der Waals surface area (Å²) in [6.07, 6.45) is 4.35. The lowest BCUT2D eigenvalue weighted by Crippen LogP contribution is -2.34. The van der Waals surface area contributed by atoms with Crippen LogP contribution in [0.15, 0.2) is 28.8 Å². The second-order valence-electron chi connectivity index (χ2n) is 4.71. The Labute approximate surface area is 140 Å². The Morgan fingerprint density at radius 3 is 2.38 bits per heavy atom. The van der Waals surface area contributed by atoms with Crippen LogP contribution in [-0.4, -0.2) is 17.0 Å². The van der Waals surface area contributed by atoms with Crippen molar-refractivity contribution in [3.8, 4) is 0 Å². The summed E-state index contributed by atoms with van der Waals surface area (Å²) in [6.45, 7) is 0. The third kappa shape index (κ3) is 3.59. The van der Waals surface area contributed by atoms with Gasteiger partial charge in [-0.05, 0) is 40.9 Å². The first-order valence-electron chi connectivity index (χ1n) is 6.24. The van der Waals surface area contributed by atoms with Crippen molar-refractivity contribution in [3.63, 3.8) is 0 Å². The summed E-state index contributed by atoms with van der Waals surface area (Å²) in [5.41, 5.74) is 0.369. The molecule has 1 aromatic rings. The van der Waals surface area contributed by atoms with E-state index in [4.69, 9.17) is 23.2 Å². The quantitative estimate of drug-likeness (QED) is 0.593. The molecule has 0 fully saturated rings. The highest BCUT2D eigenvalue weighted by Crippen LogP contribution is 2.36. The zero-order valence-corrected chi connectivity index (χ0v) is 13.9. The molecule has 1 amide bonds. The van der Waals surface area contributed by atoms with E-state index in [1.165, 1.54) is 0 Å². The SMILES string of the molecule is O=C(O)C1CC=CCC1C(=O)Nc1ccc(Br)c(Cl)c1Cl. The van der Waals surface area contributed by atoms with Crippen molar-refractivity contribution < 1.29 is 14.7 Å². The summed E-state index contributed by atoms with van der Waals surface area (Å²) in [4.78, 5) is 23.5. The fourth-order valence-corrected chi connectivity index (χ4v) is 3.05. The van der Waals surface area contributed by atoms with Gasteiger partial charge in [0.15, 0.2) is 0 Å². The number of carbonyl (C=O) groups excluding carboxylic acids is 1. The topological polar surface area (TPSA) is 66.4 Å². The predicted molar refractivity (Wildman–Crippen MR) is 85.8 cm³/mol. The predicted octanol–water partition coefficient (Wildman–Crippen LogP) is 4.36. The molecule has 0 saturated carbocycles. The molecule has 21 heavy (non-hydrogen) atoms. The molecular weight excluding hydrogens is 381 g/mol. The number of hydrogen-bond donors (Lipinski definition) is 2. The fourth-order valence-electron chi connectivity index (χ4n) is 2.22. The lowest BCUT2D eigenvalue weighted by atomic mass is 9.82. The van der Waals surface area contributed by atoms with Crippen LogP contribution in [0.2, 0.25) is 10.0 Å². The summed E-state index contributed by atoms with van der Waals surface area (Å²) in [5, 5.41) is 12.4. The Morgan fingerprint density at radius 1 is 1.14 bits per heavy atom. The Hall–Kier alpha value is -1.04. The molecule has 2 atom stereocenters. The fraction of sp³-hybridized carbons (Fsp3) is 0.286. The van der Waals surface area contributed by atoms with Gasteiger partial charge in [0.05, 0.1) is 27.6 Å². The first-order chi connectivity index (χ1) is 9.91. The van der Waals surface area contributed by atoms with Crippen molar-refractivity contribution >= 4 is 56.7 Å². The minimum atomic E-state index is -0.973. The highest BCUT2D eigenvalue weighted by molar-refractivity contribution is 9.10. The normalized spacial score (nSPS) is 21.1. The van der Waals surface area contributed by atoms with Gasteiger partial charge in [-0.25, -0.2) is 0 Å². The zero-order chi connectivity index (χ0) is 15.6. The van der Waals surface area contributed by atoms with Crippen molar-refractivity contribution in [2.24, 2.45) is 11.8 Å². The van der Waals surface area contributed by atoms with Crippen LogP contribution in [0, 0.1) is 11.8 Å². The minimum Gasteiger partial charge on any atom is -0.481 e. The summed E-state index contributed by atoms with van der Waals surface area (Å²) in [7, 11) is 0. The van der Waals surface area contributed by atoms with Gasteiger partial charge in [-0.2, -0.15) is 0 Å². The van der Waals surface area contributed by atoms with E-state index in [2.05, 4.69) is 21.2 Å². The molecule has 2 rings (SSSR count). The molecule has 0 aromatic heterocycles. The molecule has 0 saturated heterocycles. The average molecular weight is 393 g/mol. The number of amides is 1. The molecule has 0 radical (unpaired) electrons. The minimum absolute atomic E-state index is 0.220. The Kier molecular flexibility index (Phi) is 5.30. The van der Waals surface area contributed by atoms with Gasteiger partial charge in [0.2, 0.25) is 5.91 Å². The molecule has 0 bridgehead atoms. The van der Waals surface area contributed by atoms with Crippen molar-refractivity contribution in [1.82, 2.24) is 0 Å². The van der Waals surface area contributed by atoms with Crippen molar-refractivity contribution in [3.05, 3.63) is 38.8 Å². The standard InChI is InChI=1S/C14H12BrCl2NO3/c15-9-5-6-10(12(17)11(9)16)18-13(19)7-3-1-2-4-8(7)14(20)21/h1-2,5-8H,3-4H2,(H,18,19)(H,20,21). The number of hydrogen-bond acceptors (Lipinski definition) is 2. The molecule has 2 N–H and O–H groups in total. The van der Waals surface area contributed by atoms with E-state index < -0.39 is 17.8 Å². The number of carbonyl (C=O) groups is 2. The van der Waals surface area contributed by atoms with E-state index >= 15 is 0 Å². The van der Waals surface area contributed by atoms with Gasteiger partial charge in [0.25, 0.3) is 0 Å². The van der Waals surface area contributed by atoms with Gasteiger partial charge in [-0.15, -0.1) is 0 Å². The van der Waals surface area contributed by atoms with Crippen LogP contribution in [0.4, 0.5) is 5.69 Å². The van der Waals surface area contributed by atoms with E-state index in [0.717, 1.165) is 0 Å². The summed E-state index contributed by atoms with van der Waals surface area (Å²) in [6, 6.07) is 3.28. The van der Waals surface area contributed by atoms with Gasteiger partial charge in [0.1, 0.15) is 0 Å². The van der Waals surface area contributed by atoms with Crippen LogP contribution < -0.4 is 5.32 Å². The lowest BCUT2D eigenvalue weighted by Gasteiger charge is -2.24. The van der Waals surface area contributed by atoms with Crippen molar-refractivity contribution in [2.45, 2.75) is 12.8 Å². The van der Waals surface area contributed by atoms with Gasteiger partial charge in [0, 0.05) is 4.47 Å². The number of aliphatic carboxylic acids is 1. The number of carboxylic acid groups (broad SMARTS) is 1. The van der Waals surface area contributed by atoms with E-state index in [-0.39, 0.29) is 10.9 Å². The Morgan fingerprint density at radius 2 is 1.76 bits per heavy atom. The number of halogens is 3. The highest BCUT2D eigenvalue weighted by Gasteiger charge is 2.34. The van der Waals surface area contributed by atoms with E-state index in [0.29, 0.717) is 28.0 Å². The second-order valence-corrected chi connectivity index (χ2v) is 6.32. The number of rotatable bonds is 3. The smallest absolute Gasteiger partial charge is 0.307 e.